The van der Waals surface area contributed by atoms with Gasteiger partial charge in [-0.15, -0.1) is 0 Å². The van der Waals surface area contributed by atoms with Crippen molar-refractivity contribution in [3.63, 3.8) is 0 Å². The maximum atomic E-state index is 12.9. The van der Waals surface area contributed by atoms with Crippen molar-refractivity contribution in [1.29, 1.82) is 0 Å². The SMILES string of the molecule is CC(=O)N1CC(N)Cc2cccc(C(F)(F)F)c21. The Hall–Kier alpha value is -1.56. The number of fused-ring (bicyclic) bond motifs is 1. The Morgan fingerprint density at radius 1 is 1.44 bits per heavy atom. The van der Waals surface area contributed by atoms with Gasteiger partial charge in [0.05, 0.1) is 11.3 Å². The Labute approximate surface area is 102 Å². The number of halogens is 3. The predicted molar refractivity (Wildman–Crippen MR) is 61.2 cm³/mol. The molecule has 1 aliphatic heterocycles. The van der Waals surface area contributed by atoms with E-state index < -0.39 is 17.6 Å². The summed E-state index contributed by atoms with van der Waals surface area (Å²) in [5.41, 5.74) is 5.41. The molecule has 0 bridgehead atoms. The first kappa shape index (κ1) is 12.9. The lowest BCUT2D eigenvalue weighted by Gasteiger charge is -2.34. The highest BCUT2D eigenvalue weighted by Gasteiger charge is 2.38. The van der Waals surface area contributed by atoms with Crippen molar-refractivity contribution in [2.24, 2.45) is 5.73 Å². The van der Waals surface area contributed by atoms with Gasteiger partial charge >= 0.3 is 6.18 Å². The van der Waals surface area contributed by atoms with Crippen LogP contribution < -0.4 is 10.6 Å². The maximum absolute atomic E-state index is 12.9. The van der Waals surface area contributed by atoms with E-state index in [4.69, 9.17) is 5.73 Å². The molecular formula is C12H13F3N2O. The van der Waals surface area contributed by atoms with Gasteiger partial charge in [-0.25, -0.2) is 0 Å². The zero-order valence-corrected chi connectivity index (χ0v) is 9.79. The molecule has 2 rings (SSSR count). The minimum Gasteiger partial charge on any atom is -0.326 e. The molecule has 1 aromatic carbocycles. The van der Waals surface area contributed by atoms with E-state index in [-0.39, 0.29) is 18.3 Å². The topological polar surface area (TPSA) is 46.3 Å². The number of benzene rings is 1. The zero-order valence-electron chi connectivity index (χ0n) is 9.79. The van der Waals surface area contributed by atoms with Gasteiger partial charge in [-0.3, -0.25) is 4.79 Å². The summed E-state index contributed by atoms with van der Waals surface area (Å²) in [6.07, 6.45) is -4.12. The Kier molecular flexibility index (Phi) is 3.06. The summed E-state index contributed by atoms with van der Waals surface area (Å²) in [6.45, 7) is 1.37. The summed E-state index contributed by atoms with van der Waals surface area (Å²) in [4.78, 5) is 12.6. The van der Waals surface area contributed by atoms with Crippen molar-refractivity contribution in [3.8, 4) is 0 Å². The van der Waals surface area contributed by atoms with E-state index in [1.165, 1.54) is 13.0 Å². The van der Waals surface area contributed by atoms with Gasteiger partial charge in [-0.1, -0.05) is 12.1 Å². The molecule has 1 amide bonds. The van der Waals surface area contributed by atoms with Crippen LogP contribution in [0.1, 0.15) is 18.1 Å². The summed E-state index contributed by atoms with van der Waals surface area (Å²) in [7, 11) is 0. The fraction of sp³-hybridized carbons (Fsp3) is 0.417. The summed E-state index contributed by atoms with van der Waals surface area (Å²) < 4.78 is 38.8. The maximum Gasteiger partial charge on any atom is 0.418 e. The van der Waals surface area contributed by atoms with Crippen molar-refractivity contribution in [2.75, 3.05) is 11.4 Å². The number of nitrogens with zero attached hydrogens (tertiary/aromatic N) is 1. The number of alkyl halides is 3. The summed E-state index contributed by atoms with van der Waals surface area (Å²) in [5.74, 6) is -0.428. The van der Waals surface area contributed by atoms with Crippen LogP contribution >= 0.6 is 0 Å². The van der Waals surface area contributed by atoms with Crippen LogP contribution in [0.2, 0.25) is 0 Å². The number of carbonyl (C=O) groups excluding carboxylic acids is 1. The monoisotopic (exact) mass is 258 g/mol. The van der Waals surface area contributed by atoms with E-state index in [1.54, 1.807) is 6.07 Å². The van der Waals surface area contributed by atoms with Gasteiger partial charge in [0, 0.05) is 19.5 Å². The molecule has 2 N–H and O–H groups in total. The second kappa shape index (κ2) is 4.28. The lowest BCUT2D eigenvalue weighted by Crippen LogP contribution is -2.46. The molecule has 0 radical (unpaired) electrons. The summed E-state index contributed by atoms with van der Waals surface area (Å²) in [5, 5.41) is 0. The van der Waals surface area contributed by atoms with Crippen molar-refractivity contribution in [2.45, 2.75) is 25.6 Å². The summed E-state index contributed by atoms with van der Waals surface area (Å²) >= 11 is 0. The number of hydrogen-bond acceptors (Lipinski definition) is 2. The van der Waals surface area contributed by atoms with E-state index in [0.29, 0.717) is 12.0 Å². The van der Waals surface area contributed by atoms with Gasteiger partial charge in [0.2, 0.25) is 5.91 Å². The number of carbonyl (C=O) groups is 1. The largest absolute Gasteiger partial charge is 0.418 e. The van der Waals surface area contributed by atoms with Gasteiger partial charge in [0.15, 0.2) is 0 Å². The van der Waals surface area contributed by atoms with Crippen LogP contribution in [0, 0.1) is 0 Å². The number of para-hydroxylation sites is 1. The fourth-order valence-corrected chi connectivity index (χ4v) is 2.26. The molecule has 1 aliphatic rings. The molecule has 18 heavy (non-hydrogen) atoms. The quantitative estimate of drug-likeness (QED) is 0.773. The zero-order chi connectivity index (χ0) is 13.5. The highest BCUT2D eigenvalue weighted by Crippen LogP contribution is 2.40. The number of rotatable bonds is 0. The smallest absolute Gasteiger partial charge is 0.326 e. The molecule has 1 unspecified atom stereocenters. The molecule has 1 aromatic rings. The number of anilines is 1. The normalized spacial score (nSPS) is 19.6. The molecule has 0 aliphatic carbocycles. The highest BCUT2D eigenvalue weighted by molar-refractivity contribution is 5.94. The molecular weight excluding hydrogens is 245 g/mol. The third-order valence-corrected chi connectivity index (χ3v) is 2.97. The van der Waals surface area contributed by atoms with E-state index in [2.05, 4.69) is 0 Å². The van der Waals surface area contributed by atoms with Crippen LogP contribution in [0.25, 0.3) is 0 Å². The van der Waals surface area contributed by atoms with Crippen molar-refractivity contribution in [1.82, 2.24) is 0 Å². The van der Waals surface area contributed by atoms with E-state index in [1.807, 2.05) is 0 Å². The first-order valence-corrected chi connectivity index (χ1v) is 5.53. The van der Waals surface area contributed by atoms with Crippen LogP contribution in [0.3, 0.4) is 0 Å². The number of nitrogens with two attached hydrogens (primary N) is 1. The predicted octanol–water partition coefficient (Wildman–Crippen LogP) is 1.94. The average molecular weight is 258 g/mol. The molecule has 1 atom stereocenters. The Balaban J connectivity index is 2.62. The molecule has 3 nitrogen and oxygen atoms in total. The van der Waals surface area contributed by atoms with Gasteiger partial charge in [0.25, 0.3) is 0 Å². The molecule has 1 heterocycles. The molecule has 6 heteroatoms. The van der Waals surface area contributed by atoms with E-state index in [9.17, 15) is 18.0 Å². The molecule has 0 fully saturated rings. The Morgan fingerprint density at radius 2 is 2.11 bits per heavy atom. The Morgan fingerprint density at radius 3 is 2.67 bits per heavy atom. The second-order valence-corrected chi connectivity index (χ2v) is 4.40. The fourth-order valence-electron chi connectivity index (χ4n) is 2.26. The van der Waals surface area contributed by atoms with Crippen molar-refractivity contribution < 1.29 is 18.0 Å². The average Bonchev–Trinajstić information content (AvgIpc) is 2.25. The minimum absolute atomic E-state index is 0.0424. The standard InChI is InChI=1S/C12H13F3N2O/c1-7(18)17-6-9(16)5-8-3-2-4-10(11(8)17)12(13,14)15/h2-4,9H,5-6,16H2,1H3. The molecule has 0 saturated carbocycles. The lowest BCUT2D eigenvalue weighted by molar-refractivity contribution is -0.137. The first-order valence-electron chi connectivity index (χ1n) is 5.53. The molecule has 98 valence electrons. The van der Waals surface area contributed by atoms with Gasteiger partial charge < -0.3 is 10.6 Å². The van der Waals surface area contributed by atoms with Gasteiger partial charge in [-0.2, -0.15) is 13.2 Å². The number of amides is 1. The van der Waals surface area contributed by atoms with Crippen molar-refractivity contribution in [3.05, 3.63) is 29.3 Å². The van der Waals surface area contributed by atoms with Crippen molar-refractivity contribution >= 4 is 11.6 Å². The molecule has 0 spiro atoms. The Bertz CT molecular complexity index is 485. The van der Waals surface area contributed by atoms with Crippen LogP contribution in [-0.4, -0.2) is 18.5 Å². The number of hydrogen-bond donors (Lipinski definition) is 1. The van der Waals surface area contributed by atoms with E-state index >= 15 is 0 Å². The lowest BCUT2D eigenvalue weighted by atomic mass is 9.95. The molecule has 0 saturated heterocycles. The van der Waals surface area contributed by atoms with E-state index in [0.717, 1.165) is 11.0 Å². The van der Waals surface area contributed by atoms with Crippen LogP contribution in [-0.2, 0) is 17.4 Å². The first-order chi connectivity index (χ1) is 8.30. The molecule has 0 aromatic heterocycles. The van der Waals surface area contributed by atoms with Gasteiger partial charge in [-0.05, 0) is 18.1 Å². The minimum atomic E-state index is -4.47. The highest BCUT2D eigenvalue weighted by atomic mass is 19.4. The van der Waals surface area contributed by atoms with Crippen LogP contribution in [0.4, 0.5) is 18.9 Å². The van der Waals surface area contributed by atoms with Gasteiger partial charge in [0.1, 0.15) is 0 Å². The summed E-state index contributed by atoms with van der Waals surface area (Å²) in [6, 6.07) is 3.59. The van der Waals surface area contributed by atoms with Crippen LogP contribution in [0.15, 0.2) is 18.2 Å². The second-order valence-electron chi connectivity index (χ2n) is 4.40. The third kappa shape index (κ3) is 2.20. The van der Waals surface area contributed by atoms with Crippen LogP contribution in [0.5, 0.6) is 0 Å². The third-order valence-electron chi connectivity index (χ3n) is 2.97.